The molecule has 44 heavy (non-hydrogen) atoms. The van der Waals surface area contributed by atoms with Gasteiger partial charge in [-0.1, -0.05) is 47.5 Å². The summed E-state index contributed by atoms with van der Waals surface area (Å²) in [7, 11) is 2.16. The molecule has 0 fully saturated rings. The number of nitrogens with zero attached hydrogens (tertiary/aromatic N) is 5. The number of benzene rings is 4. The minimum Gasteiger partial charge on any atom is -0.457 e. The van der Waals surface area contributed by atoms with Gasteiger partial charge in [-0.3, -0.25) is 4.57 Å². The Hall–Kier alpha value is -5.30. The van der Waals surface area contributed by atoms with Gasteiger partial charge in [0, 0.05) is 46.7 Å². The van der Waals surface area contributed by atoms with Gasteiger partial charge in [0.25, 0.3) is 0 Å². The second-order valence-corrected chi connectivity index (χ2v) is 11.9. The Morgan fingerprint density at radius 2 is 1.43 bits per heavy atom. The van der Waals surface area contributed by atoms with Crippen LogP contribution in [0.1, 0.15) is 22.3 Å². The number of para-hydroxylation sites is 1. The van der Waals surface area contributed by atoms with E-state index in [2.05, 4.69) is 140 Å². The molecule has 0 saturated carbocycles. The zero-order valence-corrected chi connectivity index (χ0v) is 25.5. The topological polar surface area (TPSA) is 48.1 Å². The molecule has 0 N–H and O–H groups in total. The lowest BCUT2D eigenvalue weighted by Crippen LogP contribution is -2.56. The van der Waals surface area contributed by atoms with Crippen molar-refractivity contribution >= 4 is 39.9 Å². The molecule has 4 heterocycles. The predicted octanol–water partition coefficient (Wildman–Crippen LogP) is 7.76. The van der Waals surface area contributed by atoms with Gasteiger partial charge in [0.15, 0.2) is 0 Å². The van der Waals surface area contributed by atoms with Gasteiger partial charge >= 0.3 is 6.98 Å². The van der Waals surface area contributed by atoms with Gasteiger partial charge in [-0.2, -0.15) is 0 Å². The van der Waals surface area contributed by atoms with E-state index in [0.29, 0.717) is 0 Å². The molecular weight excluding hydrogens is 541 g/mol. The van der Waals surface area contributed by atoms with E-state index < -0.39 is 0 Å². The molecule has 0 spiro atoms. The fourth-order valence-electron chi connectivity index (χ4n) is 6.80. The van der Waals surface area contributed by atoms with Crippen molar-refractivity contribution in [3.63, 3.8) is 0 Å². The van der Waals surface area contributed by atoms with E-state index in [1.807, 2.05) is 12.4 Å². The largest absolute Gasteiger partial charge is 0.457 e. The van der Waals surface area contributed by atoms with Crippen LogP contribution in [0.25, 0.3) is 39.0 Å². The monoisotopic (exact) mass is 573 g/mol. The Kier molecular flexibility index (Phi) is 5.91. The summed E-state index contributed by atoms with van der Waals surface area (Å²) < 4.78 is 11.1. The molecule has 214 valence electrons. The van der Waals surface area contributed by atoms with E-state index >= 15 is 0 Å². The van der Waals surface area contributed by atoms with Crippen LogP contribution < -0.4 is 15.0 Å². The first-order valence-electron chi connectivity index (χ1n) is 15.0. The molecular formula is C37H32BN5O. The maximum atomic E-state index is 6.57. The molecule has 0 saturated heterocycles. The van der Waals surface area contributed by atoms with Crippen LogP contribution in [0, 0.1) is 27.7 Å². The fraction of sp³-hybridized carbons (Fsp3) is 0.135. The number of anilines is 1. The SMILES string of the molecule is Cc1cnc(-n2c3ccccc3c3ccc(Oc4ccc5c(c4)-c4nccn4B(c4c(C)cccc4C)N5C)cc32)cc1C. The van der Waals surface area contributed by atoms with Crippen molar-refractivity contribution in [2.75, 3.05) is 11.9 Å². The van der Waals surface area contributed by atoms with Crippen LogP contribution in [0.5, 0.6) is 11.5 Å². The number of rotatable bonds is 4. The lowest BCUT2D eigenvalue weighted by atomic mass is 9.60. The number of aromatic nitrogens is 4. The predicted molar refractivity (Wildman–Crippen MR) is 181 cm³/mol. The lowest BCUT2D eigenvalue weighted by Gasteiger charge is -2.36. The number of ether oxygens (including phenoxy) is 1. The highest BCUT2D eigenvalue weighted by Gasteiger charge is 2.37. The van der Waals surface area contributed by atoms with Gasteiger partial charge in [-0.05, 0) is 93.8 Å². The third kappa shape index (κ3) is 3.96. The average Bonchev–Trinajstić information content (AvgIpc) is 3.63. The Bertz CT molecular complexity index is 2230. The van der Waals surface area contributed by atoms with Crippen molar-refractivity contribution < 1.29 is 4.74 Å². The van der Waals surface area contributed by atoms with E-state index in [-0.39, 0.29) is 6.98 Å². The maximum Gasteiger partial charge on any atom is 0.417 e. The van der Waals surface area contributed by atoms with Crippen molar-refractivity contribution in [2.24, 2.45) is 0 Å². The number of fused-ring (bicyclic) bond motifs is 6. The summed E-state index contributed by atoms with van der Waals surface area (Å²) in [6.45, 7) is 8.62. The second kappa shape index (κ2) is 9.88. The standard InChI is InChI=1S/C37H32BN5O/c1-23-9-8-10-24(2)36(23)38-41(5)32-16-14-27(20-31(32)37-39-17-18-42(37)38)44-28-13-15-30-29-11-6-7-12-33(29)43(34(30)21-28)35-19-25(3)26(4)22-40-35/h6-22H,1-5H3. The van der Waals surface area contributed by atoms with Crippen molar-refractivity contribution in [3.05, 3.63) is 126 Å². The van der Waals surface area contributed by atoms with Crippen LogP contribution in [-0.4, -0.2) is 33.0 Å². The zero-order chi connectivity index (χ0) is 30.1. The first-order valence-corrected chi connectivity index (χ1v) is 15.0. The van der Waals surface area contributed by atoms with Crippen LogP contribution in [-0.2, 0) is 0 Å². The molecule has 0 bridgehead atoms. The minimum atomic E-state index is 0.0244. The van der Waals surface area contributed by atoms with Crippen molar-refractivity contribution in [2.45, 2.75) is 27.7 Å². The molecule has 0 amide bonds. The molecule has 0 atom stereocenters. The number of hydrogen-bond acceptors (Lipinski definition) is 4. The molecule has 1 aliphatic heterocycles. The fourth-order valence-corrected chi connectivity index (χ4v) is 6.80. The normalized spacial score (nSPS) is 12.6. The molecule has 7 aromatic rings. The summed E-state index contributed by atoms with van der Waals surface area (Å²) in [6, 6.07) is 29.8. The van der Waals surface area contributed by atoms with E-state index in [1.165, 1.54) is 38.5 Å². The van der Waals surface area contributed by atoms with Gasteiger partial charge in [-0.25, -0.2) is 9.97 Å². The van der Waals surface area contributed by atoms with Crippen LogP contribution in [0.3, 0.4) is 0 Å². The third-order valence-electron chi connectivity index (χ3n) is 9.16. The number of pyridine rings is 1. The quantitative estimate of drug-likeness (QED) is 0.202. The molecule has 3 aromatic heterocycles. The van der Waals surface area contributed by atoms with E-state index in [4.69, 9.17) is 14.7 Å². The first-order chi connectivity index (χ1) is 21.4. The number of imidazole rings is 1. The van der Waals surface area contributed by atoms with Gasteiger partial charge in [0.1, 0.15) is 23.1 Å². The Balaban J connectivity index is 1.21. The summed E-state index contributed by atoms with van der Waals surface area (Å²) in [5, 5.41) is 2.36. The molecule has 0 aliphatic carbocycles. The number of hydrogen-bond donors (Lipinski definition) is 0. The molecule has 1 aliphatic rings. The summed E-state index contributed by atoms with van der Waals surface area (Å²) in [6.07, 6.45) is 5.91. The third-order valence-corrected chi connectivity index (χ3v) is 9.16. The summed E-state index contributed by atoms with van der Waals surface area (Å²) in [4.78, 5) is 12.0. The van der Waals surface area contributed by atoms with Gasteiger partial charge < -0.3 is 14.0 Å². The van der Waals surface area contributed by atoms with Crippen LogP contribution in [0.4, 0.5) is 5.69 Å². The molecule has 7 heteroatoms. The van der Waals surface area contributed by atoms with Gasteiger partial charge in [0.2, 0.25) is 0 Å². The smallest absolute Gasteiger partial charge is 0.417 e. The molecule has 8 rings (SSSR count). The summed E-state index contributed by atoms with van der Waals surface area (Å²) in [5.41, 5.74) is 10.6. The highest BCUT2D eigenvalue weighted by molar-refractivity contribution is 6.77. The van der Waals surface area contributed by atoms with E-state index in [1.54, 1.807) is 0 Å². The first kappa shape index (κ1) is 26.3. The Morgan fingerprint density at radius 3 is 2.25 bits per heavy atom. The maximum absolute atomic E-state index is 6.57. The highest BCUT2D eigenvalue weighted by atomic mass is 16.5. The van der Waals surface area contributed by atoms with E-state index in [9.17, 15) is 0 Å². The van der Waals surface area contributed by atoms with Crippen molar-refractivity contribution in [1.82, 2.24) is 19.0 Å². The number of aryl methyl sites for hydroxylation is 4. The molecule has 0 unspecified atom stereocenters. The highest BCUT2D eigenvalue weighted by Crippen LogP contribution is 2.40. The van der Waals surface area contributed by atoms with Crippen LogP contribution >= 0.6 is 0 Å². The van der Waals surface area contributed by atoms with Crippen LogP contribution in [0.2, 0.25) is 0 Å². The molecule has 0 radical (unpaired) electrons. The minimum absolute atomic E-state index is 0.0244. The molecule has 4 aromatic carbocycles. The van der Waals surface area contributed by atoms with Crippen molar-refractivity contribution in [3.8, 4) is 28.7 Å². The summed E-state index contributed by atoms with van der Waals surface area (Å²) in [5.74, 6) is 3.38. The Labute approximate surface area is 257 Å². The lowest BCUT2D eigenvalue weighted by molar-refractivity contribution is 0.483. The van der Waals surface area contributed by atoms with E-state index in [0.717, 1.165) is 45.4 Å². The summed E-state index contributed by atoms with van der Waals surface area (Å²) >= 11 is 0. The zero-order valence-electron chi connectivity index (χ0n) is 25.5. The van der Waals surface area contributed by atoms with Crippen molar-refractivity contribution in [1.29, 1.82) is 0 Å². The average molecular weight is 574 g/mol. The van der Waals surface area contributed by atoms with Crippen LogP contribution in [0.15, 0.2) is 104 Å². The Morgan fingerprint density at radius 1 is 0.682 bits per heavy atom. The second-order valence-electron chi connectivity index (χ2n) is 11.9. The van der Waals surface area contributed by atoms with Gasteiger partial charge in [0.05, 0.1) is 11.0 Å². The van der Waals surface area contributed by atoms with Gasteiger partial charge in [-0.15, -0.1) is 0 Å². The molecule has 6 nitrogen and oxygen atoms in total.